The van der Waals surface area contributed by atoms with Crippen molar-refractivity contribution in [1.82, 2.24) is 10.4 Å². The Hall–Kier alpha value is -1.60. The number of nitrogen functional groups attached to an aromatic ring is 1. The molecule has 0 aliphatic rings. The molecule has 0 saturated heterocycles. The van der Waals surface area contributed by atoms with Crippen LogP contribution in [-0.2, 0) is 15.3 Å². The number of carbonyl (C=O) groups is 2. The van der Waals surface area contributed by atoms with Gasteiger partial charge in [0.05, 0.1) is 11.4 Å². The van der Waals surface area contributed by atoms with E-state index in [2.05, 4.69) is 4.98 Å². The molecular formula is C13H19N3O3S. The van der Waals surface area contributed by atoms with E-state index in [4.69, 9.17) is 10.6 Å². The van der Waals surface area contributed by atoms with Gasteiger partial charge in [-0.2, -0.15) is 0 Å². The van der Waals surface area contributed by atoms with Gasteiger partial charge in [-0.25, -0.2) is 10.8 Å². The molecule has 0 aliphatic carbocycles. The Balaban J connectivity index is 2.46. The minimum atomic E-state index is -0.477. The zero-order chi connectivity index (χ0) is 15.2. The molecule has 1 aromatic heterocycles. The Labute approximate surface area is 122 Å². The van der Waals surface area contributed by atoms with E-state index in [1.54, 1.807) is 18.2 Å². The number of thioether (sulfide) groups is 1. The number of hydrogen-bond acceptors (Lipinski definition) is 6. The molecule has 0 fully saturated rings. The summed E-state index contributed by atoms with van der Waals surface area (Å²) in [4.78, 5) is 27.0. The normalized spacial score (nSPS) is 11.0. The zero-order valence-corrected chi connectivity index (χ0v) is 12.6. The summed E-state index contributed by atoms with van der Waals surface area (Å²) in [6, 6.07) is 5.08. The van der Waals surface area contributed by atoms with Crippen LogP contribution in [0.3, 0.4) is 0 Å². The smallest absolute Gasteiger partial charge is 0.316 e. The van der Waals surface area contributed by atoms with Crippen molar-refractivity contribution in [2.75, 3.05) is 5.75 Å². The topological polar surface area (TPSA) is 94.3 Å². The van der Waals surface area contributed by atoms with E-state index in [0.717, 1.165) is 0 Å². The number of nitrogens with zero attached hydrogens (tertiary/aromatic N) is 1. The summed E-state index contributed by atoms with van der Waals surface area (Å²) in [6.07, 6.45) is 0. The van der Waals surface area contributed by atoms with Crippen LogP contribution < -0.4 is 11.3 Å². The number of nitrogens with two attached hydrogens (primary N) is 1. The molecule has 0 atom stereocenters. The van der Waals surface area contributed by atoms with Crippen molar-refractivity contribution in [2.24, 2.45) is 5.84 Å². The SMILES string of the molecule is CC(C)(C)OC(=O)CSCc1cccc(C(=O)NN)n1. The van der Waals surface area contributed by atoms with Crippen LogP contribution in [0, 0.1) is 0 Å². The van der Waals surface area contributed by atoms with Gasteiger partial charge in [0.25, 0.3) is 5.91 Å². The lowest BCUT2D eigenvalue weighted by Crippen LogP contribution is -2.30. The Bertz CT molecular complexity index is 486. The molecule has 0 radical (unpaired) electrons. The lowest BCUT2D eigenvalue weighted by molar-refractivity contribution is -0.151. The van der Waals surface area contributed by atoms with E-state index in [1.807, 2.05) is 26.2 Å². The van der Waals surface area contributed by atoms with Crippen molar-refractivity contribution in [3.63, 3.8) is 0 Å². The molecular weight excluding hydrogens is 278 g/mol. The van der Waals surface area contributed by atoms with Crippen molar-refractivity contribution in [3.8, 4) is 0 Å². The monoisotopic (exact) mass is 297 g/mol. The summed E-state index contributed by atoms with van der Waals surface area (Å²) in [5, 5.41) is 0. The van der Waals surface area contributed by atoms with Crippen molar-refractivity contribution >= 4 is 23.6 Å². The fraction of sp³-hybridized carbons (Fsp3) is 0.462. The molecule has 0 spiro atoms. The van der Waals surface area contributed by atoms with Crippen LogP contribution in [-0.4, -0.2) is 28.2 Å². The third-order valence-electron chi connectivity index (χ3n) is 2.06. The maximum Gasteiger partial charge on any atom is 0.316 e. The average molecular weight is 297 g/mol. The number of aromatic nitrogens is 1. The lowest BCUT2D eigenvalue weighted by atomic mass is 10.2. The van der Waals surface area contributed by atoms with Crippen LogP contribution in [0.2, 0.25) is 0 Å². The summed E-state index contributed by atoms with van der Waals surface area (Å²) < 4.78 is 5.19. The van der Waals surface area contributed by atoms with Gasteiger partial charge in [-0.1, -0.05) is 6.07 Å². The second kappa shape index (κ2) is 7.25. The number of carbonyl (C=O) groups excluding carboxylic acids is 2. The first-order chi connectivity index (χ1) is 9.31. The van der Waals surface area contributed by atoms with E-state index >= 15 is 0 Å². The number of rotatable bonds is 5. The summed E-state index contributed by atoms with van der Waals surface area (Å²) in [5.74, 6) is 5.10. The average Bonchev–Trinajstić information content (AvgIpc) is 2.36. The molecule has 0 bridgehead atoms. The first-order valence-electron chi connectivity index (χ1n) is 6.08. The van der Waals surface area contributed by atoms with E-state index in [-0.39, 0.29) is 17.4 Å². The maximum atomic E-state index is 11.5. The standard InChI is InChI=1S/C13H19N3O3S/c1-13(2,3)19-11(17)8-20-7-9-5-4-6-10(15-9)12(18)16-14/h4-6H,7-8,14H2,1-3H3,(H,16,18). The molecule has 1 rings (SSSR count). The van der Waals surface area contributed by atoms with E-state index in [9.17, 15) is 9.59 Å². The maximum absolute atomic E-state index is 11.5. The summed E-state index contributed by atoms with van der Waals surface area (Å²) >= 11 is 1.38. The van der Waals surface area contributed by atoms with Crippen molar-refractivity contribution in [1.29, 1.82) is 0 Å². The fourth-order valence-electron chi connectivity index (χ4n) is 1.37. The number of amides is 1. The number of hydrazine groups is 1. The third-order valence-corrected chi connectivity index (χ3v) is 3.00. The molecule has 0 saturated carbocycles. The molecule has 1 amide bonds. The molecule has 1 heterocycles. The van der Waals surface area contributed by atoms with E-state index in [0.29, 0.717) is 11.4 Å². The highest BCUT2D eigenvalue weighted by Gasteiger charge is 2.16. The molecule has 7 heteroatoms. The van der Waals surface area contributed by atoms with Crippen LogP contribution in [0.15, 0.2) is 18.2 Å². The highest BCUT2D eigenvalue weighted by atomic mass is 32.2. The minimum absolute atomic E-state index is 0.242. The third kappa shape index (κ3) is 6.03. The second-order valence-electron chi connectivity index (χ2n) is 5.07. The predicted molar refractivity (Wildman–Crippen MR) is 77.9 cm³/mol. The molecule has 0 unspecified atom stereocenters. The Kier molecular flexibility index (Phi) is 5.97. The van der Waals surface area contributed by atoms with Crippen LogP contribution in [0.25, 0.3) is 0 Å². The van der Waals surface area contributed by atoms with E-state index < -0.39 is 11.5 Å². The molecule has 6 nitrogen and oxygen atoms in total. The predicted octanol–water partition coefficient (Wildman–Crippen LogP) is 1.26. The molecule has 110 valence electrons. The Morgan fingerprint density at radius 1 is 1.40 bits per heavy atom. The fourth-order valence-corrected chi connectivity index (χ4v) is 2.07. The number of esters is 1. The number of pyridine rings is 1. The van der Waals surface area contributed by atoms with Crippen LogP contribution >= 0.6 is 11.8 Å². The Morgan fingerprint density at radius 3 is 2.70 bits per heavy atom. The van der Waals surface area contributed by atoms with Crippen molar-refractivity contribution in [3.05, 3.63) is 29.6 Å². The minimum Gasteiger partial charge on any atom is -0.459 e. The van der Waals surface area contributed by atoms with Gasteiger partial charge in [-0.3, -0.25) is 15.0 Å². The van der Waals surface area contributed by atoms with Crippen LogP contribution in [0.1, 0.15) is 37.0 Å². The zero-order valence-electron chi connectivity index (χ0n) is 11.8. The van der Waals surface area contributed by atoms with Gasteiger partial charge in [0.2, 0.25) is 0 Å². The van der Waals surface area contributed by atoms with Gasteiger partial charge in [0.1, 0.15) is 11.3 Å². The molecule has 1 aromatic rings. The largest absolute Gasteiger partial charge is 0.459 e. The van der Waals surface area contributed by atoms with Gasteiger partial charge in [-0.05, 0) is 32.9 Å². The number of ether oxygens (including phenoxy) is 1. The lowest BCUT2D eigenvalue weighted by Gasteiger charge is -2.19. The summed E-state index contributed by atoms with van der Waals surface area (Å²) in [7, 11) is 0. The Morgan fingerprint density at radius 2 is 2.10 bits per heavy atom. The van der Waals surface area contributed by atoms with Gasteiger partial charge in [0, 0.05) is 5.75 Å². The van der Waals surface area contributed by atoms with Crippen LogP contribution in [0.5, 0.6) is 0 Å². The van der Waals surface area contributed by atoms with Gasteiger partial charge >= 0.3 is 5.97 Å². The highest BCUT2D eigenvalue weighted by Crippen LogP contribution is 2.14. The molecule has 0 aliphatic heterocycles. The quantitative estimate of drug-likeness (QED) is 0.368. The van der Waals surface area contributed by atoms with Gasteiger partial charge in [-0.15, -0.1) is 11.8 Å². The summed E-state index contributed by atoms with van der Waals surface area (Å²) in [6.45, 7) is 5.48. The van der Waals surface area contributed by atoms with Crippen molar-refractivity contribution < 1.29 is 14.3 Å². The number of nitrogens with one attached hydrogen (secondary N) is 1. The summed E-state index contributed by atoms with van der Waals surface area (Å²) in [5.41, 5.74) is 2.51. The van der Waals surface area contributed by atoms with Gasteiger partial charge in [0.15, 0.2) is 0 Å². The highest BCUT2D eigenvalue weighted by molar-refractivity contribution is 7.99. The van der Waals surface area contributed by atoms with Crippen LogP contribution in [0.4, 0.5) is 0 Å². The first kappa shape index (κ1) is 16.5. The van der Waals surface area contributed by atoms with Gasteiger partial charge < -0.3 is 4.74 Å². The molecule has 3 N–H and O–H groups in total. The first-order valence-corrected chi connectivity index (χ1v) is 7.24. The molecule has 20 heavy (non-hydrogen) atoms. The molecule has 0 aromatic carbocycles. The second-order valence-corrected chi connectivity index (χ2v) is 6.05. The number of hydrogen-bond donors (Lipinski definition) is 2. The van der Waals surface area contributed by atoms with E-state index in [1.165, 1.54) is 11.8 Å². The van der Waals surface area contributed by atoms with Crippen molar-refractivity contribution in [2.45, 2.75) is 32.1 Å².